The van der Waals surface area contributed by atoms with Crippen molar-refractivity contribution >= 4 is 17.6 Å². The Labute approximate surface area is 136 Å². The number of hydrogen-bond donors (Lipinski definition) is 3. The lowest BCUT2D eigenvalue weighted by atomic mass is 10.1. The van der Waals surface area contributed by atoms with E-state index in [1.807, 2.05) is 56.3 Å². The van der Waals surface area contributed by atoms with E-state index in [1.165, 1.54) is 0 Å². The number of carbonyl (C=O) groups excluding carboxylic acids is 2. The molecule has 0 aliphatic carbocycles. The standard InChI is InChI=1S/C18H21N3O2/c1-13-8-14(2)10-16(9-13)19-12-17(22)21-18(23)20-11-15-6-4-3-5-7-15/h3-10,19H,11-12H2,1-2H3,(H2,20,21,22,23). The van der Waals surface area contributed by atoms with Gasteiger partial charge in [-0.25, -0.2) is 4.79 Å². The molecule has 5 nitrogen and oxygen atoms in total. The number of amides is 3. The maximum atomic E-state index is 11.8. The van der Waals surface area contributed by atoms with Crippen LogP contribution in [0.5, 0.6) is 0 Å². The SMILES string of the molecule is Cc1cc(C)cc(NCC(=O)NC(=O)NCc2ccccc2)c1. The van der Waals surface area contributed by atoms with Crippen LogP contribution in [0.25, 0.3) is 0 Å². The molecule has 0 aliphatic heterocycles. The predicted octanol–water partition coefficient (Wildman–Crippen LogP) is 2.74. The van der Waals surface area contributed by atoms with Crippen molar-refractivity contribution in [2.75, 3.05) is 11.9 Å². The number of urea groups is 1. The van der Waals surface area contributed by atoms with Gasteiger partial charge in [-0.05, 0) is 42.7 Å². The molecule has 2 aromatic rings. The zero-order chi connectivity index (χ0) is 16.7. The van der Waals surface area contributed by atoms with Crippen LogP contribution in [0.1, 0.15) is 16.7 Å². The average Bonchev–Trinajstić information content (AvgIpc) is 2.51. The van der Waals surface area contributed by atoms with E-state index in [1.54, 1.807) is 0 Å². The Kier molecular flexibility index (Phi) is 5.74. The smallest absolute Gasteiger partial charge is 0.321 e. The van der Waals surface area contributed by atoms with Crippen LogP contribution < -0.4 is 16.0 Å². The zero-order valence-electron chi connectivity index (χ0n) is 13.3. The van der Waals surface area contributed by atoms with E-state index in [0.29, 0.717) is 6.54 Å². The van der Waals surface area contributed by atoms with E-state index in [2.05, 4.69) is 22.0 Å². The first-order valence-electron chi connectivity index (χ1n) is 7.47. The van der Waals surface area contributed by atoms with Gasteiger partial charge in [-0.15, -0.1) is 0 Å². The highest BCUT2D eigenvalue weighted by Crippen LogP contribution is 2.13. The van der Waals surface area contributed by atoms with Crippen molar-refractivity contribution in [3.05, 3.63) is 65.2 Å². The second-order valence-electron chi connectivity index (χ2n) is 5.45. The molecule has 0 spiro atoms. The van der Waals surface area contributed by atoms with Crippen LogP contribution in [0, 0.1) is 13.8 Å². The topological polar surface area (TPSA) is 70.2 Å². The summed E-state index contributed by atoms with van der Waals surface area (Å²) in [7, 11) is 0. The number of benzene rings is 2. The molecule has 0 aliphatic rings. The third kappa shape index (κ3) is 5.82. The number of rotatable bonds is 5. The van der Waals surface area contributed by atoms with Gasteiger partial charge in [-0.2, -0.15) is 0 Å². The molecule has 0 unspecified atom stereocenters. The molecule has 2 aromatic carbocycles. The fraction of sp³-hybridized carbons (Fsp3) is 0.222. The Morgan fingerprint density at radius 3 is 2.26 bits per heavy atom. The summed E-state index contributed by atoms with van der Waals surface area (Å²) < 4.78 is 0. The van der Waals surface area contributed by atoms with Crippen molar-refractivity contribution < 1.29 is 9.59 Å². The largest absolute Gasteiger partial charge is 0.376 e. The lowest BCUT2D eigenvalue weighted by Gasteiger charge is -2.09. The number of carbonyl (C=O) groups is 2. The van der Waals surface area contributed by atoms with E-state index in [4.69, 9.17) is 0 Å². The highest BCUT2D eigenvalue weighted by atomic mass is 16.2. The van der Waals surface area contributed by atoms with Crippen molar-refractivity contribution in [2.45, 2.75) is 20.4 Å². The maximum Gasteiger partial charge on any atom is 0.321 e. The minimum Gasteiger partial charge on any atom is -0.376 e. The van der Waals surface area contributed by atoms with Crippen LogP contribution in [0.3, 0.4) is 0 Å². The molecule has 0 heterocycles. The molecular weight excluding hydrogens is 290 g/mol. The quantitative estimate of drug-likeness (QED) is 0.795. The lowest BCUT2D eigenvalue weighted by Crippen LogP contribution is -2.41. The molecule has 0 saturated carbocycles. The van der Waals surface area contributed by atoms with Crippen molar-refractivity contribution in [1.82, 2.24) is 10.6 Å². The lowest BCUT2D eigenvalue weighted by molar-refractivity contribution is -0.118. The van der Waals surface area contributed by atoms with Crippen LogP contribution >= 0.6 is 0 Å². The normalized spacial score (nSPS) is 10.0. The van der Waals surface area contributed by atoms with Crippen LogP contribution in [0.4, 0.5) is 10.5 Å². The molecule has 23 heavy (non-hydrogen) atoms. The molecule has 0 bridgehead atoms. The molecule has 0 aromatic heterocycles. The fourth-order valence-electron chi connectivity index (χ4n) is 2.25. The van der Waals surface area contributed by atoms with Crippen LogP contribution in [0.15, 0.2) is 48.5 Å². The van der Waals surface area contributed by atoms with Gasteiger partial charge in [0.25, 0.3) is 0 Å². The summed E-state index contributed by atoms with van der Waals surface area (Å²) in [5.74, 6) is -0.380. The van der Waals surface area contributed by atoms with E-state index in [0.717, 1.165) is 22.4 Å². The first-order valence-corrected chi connectivity index (χ1v) is 7.47. The first kappa shape index (κ1) is 16.5. The summed E-state index contributed by atoms with van der Waals surface area (Å²) in [5, 5.41) is 7.96. The van der Waals surface area contributed by atoms with Gasteiger partial charge in [-0.3, -0.25) is 10.1 Å². The summed E-state index contributed by atoms with van der Waals surface area (Å²) in [4.78, 5) is 23.4. The Hall–Kier alpha value is -2.82. The molecule has 0 radical (unpaired) electrons. The Morgan fingerprint density at radius 1 is 0.957 bits per heavy atom. The van der Waals surface area contributed by atoms with Crippen molar-refractivity contribution in [3.8, 4) is 0 Å². The van der Waals surface area contributed by atoms with Gasteiger partial charge >= 0.3 is 6.03 Å². The first-order chi connectivity index (χ1) is 11.0. The highest BCUT2D eigenvalue weighted by molar-refractivity contribution is 5.96. The molecule has 3 N–H and O–H groups in total. The molecule has 2 rings (SSSR count). The third-order valence-corrected chi connectivity index (χ3v) is 3.22. The van der Waals surface area contributed by atoms with Crippen LogP contribution in [0.2, 0.25) is 0 Å². The average molecular weight is 311 g/mol. The second-order valence-corrected chi connectivity index (χ2v) is 5.45. The second kappa shape index (κ2) is 7.98. The monoisotopic (exact) mass is 311 g/mol. The third-order valence-electron chi connectivity index (χ3n) is 3.22. The van der Waals surface area contributed by atoms with E-state index >= 15 is 0 Å². The van der Waals surface area contributed by atoms with Gasteiger partial charge in [0.2, 0.25) is 5.91 Å². The van der Waals surface area contributed by atoms with E-state index in [-0.39, 0.29) is 12.5 Å². The van der Waals surface area contributed by atoms with Crippen LogP contribution in [-0.2, 0) is 11.3 Å². The van der Waals surface area contributed by atoms with E-state index in [9.17, 15) is 9.59 Å². The molecular formula is C18H21N3O2. The minimum atomic E-state index is -0.499. The van der Waals surface area contributed by atoms with Gasteiger partial charge in [0.15, 0.2) is 0 Å². The van der Waals surface area contributed by atoms with Gasteiger partial charge in [0, 0.05) is 12.2 Å². The number of anilines is 1. The Bertz CT molecular complexity index is 664. The summed E-state index contributed by atoms with van der Waals surface area (Å²) in [5.41, 5.74) is 4.08. The summed E-state index contributed by atoms with van der Waals surface area (Å²) >= 11 is 0. The van der Waals surface area contributed by atoms with Gasteiger partial charge in [0.1, 0.15) is 0 Å². The Balaban J connectivity index is 1.74. The summed E-state index contributed by atoms with van der Waals surface area (Å²) in [6, 6.07) is 15.0. The van der Waals surface area contributed by atoms with Crippen LogP contribution in [-0.4, -0.2) is 18.5 Å². The van der Waals surface area contributed by atoms with Gasteiger partial charge in [0.05, 0.1) is 6.54 Å². The molecule has 0 atom stereocenters. The van der Waals surface area contributed by atoms with Gasteiger partial charge < -0.3 is 10.6 Å². The number of aryl methyl sites for hydroxylation is 2. The van der Waals surface area contributed by atoms with Crippen molar-refractivity contribution in [2.24, 2.45) is 0 Å². The molecule has 5 heteroatoms. The molecule has 0 fully saturated rings. The minimum absolute atomic E-state index is 0.0433. The number of hydrogen-bond acceptors (Lipinski definition) is 3. The fourth-order valence-corrected chi connectivity index (χ4v) is 2.25. The summed E-state index contributed by atoms with van der Waals surface area (Å²) in [6.07, 6.45) is 0. The van der Waals surface area contributed by atoms with E-state index < -0.39 is 6.03 Å². The highest BCUT2D eigenvalue weighted by Gasteiger charge is 2.07. The molecule has 3 amide bonds. The van der Waals surface area contributed by atoms with Gasteiger partial charge in [-0.1, -0.05) is 36.4 Å². The zero-order valence-corrected chi connectivity index (χ0v) is 13.3. The summed E-state index contributed by atoms with van der Waals surface area (Å²) in [6.45, 7) is 4.41. The van der Waals surface area contributed by atoms with Crippen molar-refractivity contribution in [3.63, 3.8) is 0 Å². The molecule has 0 saturated heterocycles. The maximum absolute atomic E-state index is 11.8. The molecule has 120 valence electrons. The number of nitrogens with one attached hydrogen (secondary N) is 3. The predicted molar refractivity (Wildman–Crippen MR) is 91.2 cm³/mol. The van der Waals surface area contributed by atoms with Crippen molar-refractivity contribution in [1.29, 1.82) is 0 Å². The number of imide groups is 1. The Morgan fingerprint density at radius 2 is 1.61 bits per heavy atom.